The number of ether oxygens (including phenoxy) is 2. The van der Waals surface area contributed by atoms with Crippen LogP contribution in [0.2, 0.25) is 0 Å². The van der Waals surface area contributed by atoms with Crippen molar-refractivity contribution in [3.05, 3.63) is 42.1 Å². The molecule has 1 aliphatic rings. The van der Waals surface area contributed by atoms with E-state index in [1.807, 2.05) is 0 Å². The summed E-state index contributed by atoms with van der Waals surface area (Å²) in [7, 11) is 0.0633. The predicted molar refractivity (Wildman–Crippen MR) is 102 cm³/mol. The predicted octanol–water partition coefficient (Wildman–Crippen LogP) is 1.76. The number of nitrogens with one attached hydrogen (secondary N) is 2. The van der Waals surface area contributed by atoms with Gasteiger partial charge in [-0.05, 0) is 30.7 Å². The lowest BCUT2D eigenvalue weighted by molar-refractivity contribution is 0.0941. The molecular formula is C18H21N3O5S. The van der Waals surface area contributed by atoms with Crippen molar-refractivity contribution < 1.29 is 22.7 Å². The Kier molecular flexibility index (Phi) is 5.50. The number of rotatable bonds is 6. The summed E-state index contributed by atoms with van der Waals surface area (Å²) in [5, 5.41) is 5.87. The quantitative estimate of drug-likeness (QED) is 0.773. The van der Waals surface area contributed by atoms with Crippen LogP contribution in [0, 0.1) is 0 Å². The van der Waals surface area contributed by atoms with Crippen molar-refractivity contribution in [1.82, 2.24) is 10.3 Å². The largest absolute Gasteiger partial charge is 0.493 e. The van der Waals surface area contributed by atoms with Crippen molar-refractivity contribution >= 4 is 27.2 Å². The van der Waals surface area contributed by atoms with E-state index in [1.165, 1.54) is 6.20 Å². The molecular weight excluding hydrogens is 370 g/mol. The summed E-state index contributed by atoms with van der Waals surface area (Å²) < 4.78 is 33.5. The number of amides is 1. The van der Waals surface area contributed by atoms with E-state index in [1.54, 1.807) is 44.6 Å². The summed E-state index contributed by atoms with van der Waals surface area (Å²) in [6.07, 6.45) is 1.96. The first kappa shape index (κ1) is 19.0. The molecule has 144 valence electrons. The Morgan fingerprint density at radius 2 is 1.93 bits per heavy atom. The van der Waals surface area contributed by atoms with Crippen LogP contribution in [-0.2, 0) is 9.84 Å². The summed E-state index contributed by atoms with van der Waals surface area (Å²) in [5.74, 6) is 1.43. The number of pyridine rings is 1. The molecule has 1 aliphatic heterocycles. The standard InChI is InChI=1S/C18H21N3O5S/c1-25-15-4-3-13(10-16(15)26-2)20-17-9-12(5-7-19-17)18(22)21-14-6-8-27(23,24)11-14/h3-5,7,9-10,14H,6,8,11H2,1-2H3,(H,19,20)(H,21,22). The van der Waals surface area contributed by atoms with Crippen molar-refractivity contribution in [3.63, 3.8) is 0 Å². The van der Waals surface area contributed by atoms with Gasteiger partial charge in [-0.1, -0.05) is 0 Å². The monoisotopic (exact) mass is 391 g/mol. The first-order valence-electron chi connectivity index (χ1n) is 8.36. The van der Waals surface area contributed by atoms with Gasteiger partial charge in [0.05, 0.1) is 25.7 Å². The van der Waals surface area contributed by atoms with E-state index < -0.39 is 9.84 Å². The number of aromatic nitrogens is 1. The van der Waals surface area contributed by atoms with E-state index in [4.69, 9.17) is 9.47 Å². The number of sulfone groups is 1. The summed E-state index contributed by atoms with van der Waals surface area (Å²) in [6.45, 7) is 0. The number of methoxy groups -OCH3 is 2. The zero-order valence-electron chi connectivity index (χ0n) is 15.1. The van der Waals surface area contributed by atoms with Crippen LogP contribution in [-0.4, -0.2) is 51.1 Å². The lowest BCUT2D eigenvalue weighted by Gasteiger charge is -2.13. The molecule has 27 heavy (non-hydrogen) atoms. The Bertz CT molecular complexity index is 946. The number of benzene rings is 1. The Morgan fingerprint density at radius 1 is 1.15 bits per heavy atom. The highest BCUT2D eigenvalue weighted by molar-refractivity contribution is 7.91. The highest BCUT2D eigenvalue weighted by Gasteiger charge is 2.29. The van der Waals surface area contributed by atoms with Gasteiger partial charge in [-0.3, -0.25) is 4.79 Å². The van der Waals surface area contributed by atoms with Crippen LogP contribution in [0.5, 0.6) is 11.5 Å². The molecule has 1 atom stereocenters. The van der Waals surface area contributed by atoms with Crippen LogP contribution in [0.4, 0.5) is 11.5 Å². The molecule has 2 N–H and O–H groups in total. The topological polar surface area (TPSA) is 107 Å². The highest BCUT2D eigenvalue weighted by atomic mass is 32.2. The van der Waals surface area contributed by atoms with E-state index in [2.05, 4.69) is 15.6 Å². The maximum atomic E-state index is 12.4. The molecule has 9 heteroatoms. The van der Waals surface area contributed by atoms with E-state index in [-0.39, 0.29) is 23.5 Å². The first-order chi connectivity index (χ1) is 12.9. The molecule has 1 amide bonds. The Balaban J connectivity index is 1.71. The van der Waals surface area contributed by atoms with Gasteiger partial charge in [-0.25, -0.2) is 13.4 Å². The number of nitrogens with zero attached hydrogens (tertiary/aromatic N) is 1. The fourth-order valence-electron chi connectivity index (χ4n) is 2.88. The second-order valence-corrected chi connectivity index (χ2v) is 8.43. The lowest BCUT2D eigenvalue weighted by Crippen LogP contribution is -2.35. The molecule has 0 aliphatic carbocycles. The molecule has 1 unspecified atom stereocenters. The molecule has 1 aromatic heterocycles. The van der Waals surface area contributed by atoms with Gasteiger partial charge >= 0.3 is 0 Å². The fourth-order valence-corrected chi connectivity index (χ4v) is 4.55. The zero-order valence-corrected chi connectivity index (χ0v) is 15.9. The smallest absolute Gasteiger partial charge is 0.251 e. The summed E-state index contributed by atoms with van der Waals surface area (Å²) in [5.41, 5.74) is 1.12. The molecule has 0 saturated carbocycles. The fraction of sp³-hybridized carbons (Fsp3) is 0.333. The van der Waals surface area contributed by atoms with Crippen LogP contribution >= 0.6 is 0 Å². The summed E-state index contributed by atoms with van der Waals surface area (Å²) >= 11 is 0. The molecule has 2 aromatic rings. The molecule has 0 radical (unpaired) electrons. The van der Waals surface area contributed by atoms with Gasteiger partial charge in [0.2, 0.25) is 0 Å². The van der Waals surface area contributed by atoms with Gasteiger partial charge in [-0.2, -0.15) is 0 Å². The van der Waals surface area contributed by atoms with Gasteiger partial charge in [0, 0.05) is 29.6 Å². The second-order valence-electron chi connectivity index (χ2n) is 6.20. The Hall–Kier alpha value is -2.81. The van der Waals surface area contributed by atoms with Crippen LogP contribution < -0.4 is 20.1 Å². The van der Waals surface area contributed by atoms with E-state index >= 15 is 0 Å². The van der Waals surface area contributed by atoms with Crippen molar-refractivity contribution in [3.8, 4) is 11.5 Å². The maximum absolute atomic E-state index is 12.4. The highest BCUT2D eigenvalue weighted by Crippen LogP contribution is 2.30. The van der Waals surface area contributed by atoms with Gasteiger partial charge in [-0.15, -0.1) is 0 Å². The van der Waals surface area contributed by atoms with E-state index in [0.29, 0.717) is 29.3 Å². The average Bonchev–Trinajstić information content (AvgIpc) is 3.00. The second kappa shape index (κ2) is 7.83. The average molecular weight is 391 g/mol. The normalized spacial score (nSPS) is 17.9. The van der Waals surface area contributed by atoms with Crippen molar-refractivity contribution in [1.29, 1.82) is 0 Å². The minimum atomic E-state index is -3.05. The van der Waals surface area contributed by atoms with Crippen LogP contribution in [0.1, 0.15) is 16.8 Å². The first-order valence-corrected chi connectivity index (χ1v) is 10.2. The van der Waals surface area contributed by atoms with Gasteiger partial charge < -0.3 is 20.1 Å². The molecule has 0 spiro atoms. The summed E-state index contributed by atoms with van der Waals surface area (Å²) in [4.78, 5) is 16.6. The number of anilines is 2. The molecule has 0 bridgehead atoms. The SMILES string of the molecule is COc1ccc(Nc2cc(C(=O)NC3CCS(=O)(=O)C3)ccn2)cc1OC. The van der Waals surface area contributed by atoms with Crippen molar-refractivity contribution in [2.24, 2.45) is 0 Å². The number of carbonyl (C=O) groups is 1. The van der Waals surface area contributed by atoms with Crippen LogP contribution in [0.25, 0.3) is 0 Å². The van der Waals surface area contributed by atoms with Crippen LogP contribution in [0.3, 0.4) is 0 Å². The molecule has 8 nitrogen and oxygen atoms in total. The Labute approximate surface area is 157 Å². The van der Waals surface area contributed by atoms with Gasteiger partial charge in [0.15, 0.2) is 21.3 Å². The summed E-state index contributed by atoms with van der Waals surface area (Å²) in [6, 6.07) is 8.17. The van der Waals surface area contributed by atoms with E-state index in [0.717, 1.165) is 5.69 Å². The van der Waals surface area contributed by atoms with Crippen molar-refractivity contribution in [2.45, 2.75) is 12.5 Å². The molecule has 1 aromatic carbocycles. The maximum Gasteiger partial charge on any atom is 0.251 e. The molecule has 3 rings (SSSR count). The van der Waals surface area contributed by atoms with Gasteiger partial charge in [0.25, 0.3) is 5.91 Å². The van der Waals surface area contributed by atoms with Gasteiger partial charge in [0.1, 0.15) is 5.82 Å². The third-order valence-corrected chi connectivity index (χ3v) is 6.01. The minimum absolute atomic E-state index is 0.0133. The molecule has 2 heterocycles. The third-order valence-electron chi connectivity index (χ3n) is 4.25. The minimum Gasteiger partial charge on any atom is -0.493 e. The number of carbonyl (C=O) groups excluding carboxylic acids is 1. The number of hydrogen-bond acceptors (Lipinski definition) is 7. The third kappa shape index (κ3) is 4.68. The molecule has 1 fully saturated rings. The number of hydrogen-bond donors (Lipinski definition) is 2. The van der Waals surface area contributed by atoms with Crippen LogP contribution in [0.15, 0.2) is 36.5 Å². The Morgan fingerprint density at radius 3 is 2.59 bits per heavy atom. The molecule has 1 saturated heterocycles. The van der Waals surface area contributed by atoms with E-state index in [9.17, 15) is 13.2 Å². The van der Waals surface area contributed by atoms with Crippen molar-refractivity contribution in [2.75, 3.05) is 31.0 Å². The zero-order chi connectivity index (χ0) is 19.4. The lowest BCUT2D eigenvalue weighted by atomic mass is 10.2.